The van der Waals surface area contributed by atoms with Gasteiger partial charge in [0, 0.05) is 20.2 Å². The van der Waals surface area contributed by atoms with Crippen LogP contribution in [0.15, 0.2) is 21.6 Å². The van der Waals surface area contributed by atoms with Crippen molar-refractivity contribution in [1.82, 2.24) is 9.62 Å². The second kappa shape index (κ2) is 5.40. The lowest BCUT2D eigenvalue weighted by molar-refractivity contribution is 0.115. The predicted octanol–water partition coefficient (Wildman–Crippen LogP) is 0.408. The van der Waals surface area contributed by atoms with Crippen LogP contribution in [0, 0.1) is 0 Å². The van der Waals surface area contributed by atoms with Gasteiger partial charge in [0.2, 0.25) is 5.09 Å². The van der Waals surface area contributed by atoms with Gasteiger partial charge in [0.05, 0.1) is 12.6 Å². The van der Waals surface area contributed by atoms with Crippen LogP contribution in [0.4, 0.5) is 0 Å². The molecule has 0 saturated carbocycles. The minimum absolute atomic E-state index is 0.00417. The maximum Gasteiger partial charge on any atom is 0.276 e. The van der Waals surface area contributed by atoms with Crippen molar-refractivity contribution in [3.8, 4) is 0 Å². The zero-order valence-corrected chi connectivity index (χ0v) is 11.4. The summed E-state index contributed by atoms with van der Waals surface area (Å²) >= 11 is 0. The van der Waals surface area contributed by atoms with Crippen LogP contribution in [0.1, 0.15) is 12.2 Å². The number of sulfonamides is 1. The lowest BCUT2D eigenvalue weighted by atomic mass is 10.3. The third-order valence-electron chi connectivity index (χ3n) is 3.02. The smallest absolute Gasteiger partial charge is 0.276 e. The number of methoxy groups -OCH3 is 1. The summed E-state index contributed by atoms with van der Waals surface area (Å²) in [7, 11) is -0.146. The van der Waals surface area contributed by atoms with Crippen LogP contribution in [-0.2, 0) is 21.3 Å². The highest BCUT2D eigenvalue weighted by Crippen LogP contribution is 2.23. The molecular weight excluding hydrogens is 256 g/mol. The third-order valence-corrected chi connectivity index (χ3v) is 4.76. The molecule has 1 aliphatic rings. The molecule has 0 radical (unpaired) electrons. The molecular formula is C11H18N2O4S. The van der Waals surface area contributed by atoms with E-state index in [1.165, 1.54) is 10.4 Å². The third kappa shape index (κ3) is 2.59. The maximum absolute atomic E-state index is 12.3. The molecule has 1 aromatic heterocycles. The molecule has 2 heterocycles. The van der Waals surface area contributed by atoms with Crippen LogP contribution in [0.5, 0.6) is 0 Å². The number of furan rings is 1. The quantitative estimate of drug-likeness (QED) is 0.842. The molecule has 6 nitrogen and oxygen atoms in total. The molecule has 1 N–H and O–H groups in total. The molecule has 0 bridgehead atoms. The van der Waals surface area contributed by atoms with Crippen LogP contribution < -0.4 is 5.32 Å². The van der Waals surface area contributed by atoms with Gasteiger partial charge in [0.15, 0.2) is 0 Å². The Morgan fingerprint density at radius 3 is 2.94 bits per heavy atom. The number of hydrogen-bond donors (Lipinski definition) is 1. The number of hydrogen-bond acceptors (Lipinski definition) is 5. The first kappa shape index (κ1) is 13.5. The molecule has 1 fully saturated rings. The topological polar surface area (TPSA) is 71.8 Å². The van der Waals surface area contributed by atoms with Gasteiger partial charge in [-0.05, 0) is 25.6 Å². The van der Waals surface area contributed by atoms with Gasteiger partial charge in [-0.2, -0.15) is 4.31 Å². The molecule has 0 aliphatic carbocycles. The van der Waals surface area contributed by atoms with Crippen molar-refractivity contribution >= 4 is 10.0 Å². The highest BCUT2D eigenvalue weighted by atomic mass is 32.2. The van der Waals surface area contributed by atoms with Crippen LogP contribution in [-0.4, -0.2) is 46.1 Å². The molecule has 0 amide bonds. The summed E-state index contributed by atoms with van der Waals surface area (Å²) < 4.78 is 36.5. The Morgan fingerprint density at radius 2 is 2.33 bits per heavy atom. The van der Waals surface area contributed by atoms with E-state index in [-0.39, 0.29) is 11.2 Å². The summed E-state index contributed by atoms with van der Waals surface area (Å²) in [6, 6.07) is 3.18. The van der Waals surface area contributed by atoms with Crippen LogP contribution in [0.25, 0.3) is 0 Å². The van der Waals surface area contributed by atoms with Gasteiger partial charge in [-0.1, -0.05) is 0 Å². The highest BCUT2D eigenvalue weighted by Gasteiger charge is 2.34. The zero-order chi connectivity index (χ0) is 13.2. The molecule has 1 aliphatic heterocycles. The van der Waals surface area contributed by atoms with E-state index >= 15 is 0 Å². The largest absolute Gasteiger partial charge is 0.447 e. The number of ether oxygens (including phenoxy) is 1. The maximum atomic E-state index is 12.3. The lowest BCUT2D eigenvalue weighted by Crippen LogP contribution is -2.29. The summed E-state index contributed by atoms with van der Waals surface area (Å²) in [6.07, 6.45) is 0.700. The molecule has 1 aromatic rings. The van der Waals surface area contributed by atoms with E-state index in [4.69, 9.17) is 9.15 Å². The second-order valence-electron chi connectivity index (χ2n) is 4.26. The van der Waals surface area contributed by atoms with Crippen LogP contribution in [0.2, 0.25) is 0 Å². The number of nitrogens with zero attached hydrogens (tertiary/aromatic N) is 1. The lowest BCUT2D eigenvalue weighted by Gasteiger charge is -2.14. The van der Waals surface area contributed by atoms with E-state index < -0.39 is 10.0 Å². The predicted molar refractivity (Wildman–Crippen MR) is 65.6 cm³/mol. The summed E-state index contributed by atoms with van der Waals surface area (Å²) in [6.45, 7) is 1.38. The minimum Gasteiger partial charge on any atom is -0.447 e. The van der Waals surface area contributed by atoms with Crippen molar-refractivity contribution in [2.24, 2.45) is 0 Å². The Kier molecular flexibility index (Phi) is 4.06. The highest BCUT2D eigenvalue weighted by molar-refractivity contribution is 7.89. The summed E-state index contributed by atoms with van der Waals surface area (Å²) in [5.41, 5.74) is 0. The Hall–Kier alpha value is -0.890. The zero-order valence-electron chi connectivity index (χ0n) is 10.5. The fraction of sp³-hybridized carbons (Fsp3) is 0.636. The fourth-order valence-electron chi connectivity index (χ4n) is 2.00. The molecule has 0 spiro atoms. The molecule has 18 heavy (non-hydrogen) atoms. The van der Waals surface area contributed by atoms with E-state index in [0.717, 1.165) is 6.42 Å². The minimum atomic E-state index is -3.52. The summed E-state index contributed by atoms with van der Waals surface area (Å²) in [4.78, 5) is 0. The van der Waals surface area contributed by atoms with E-state index in [2.05, 4.69) is 5.32 Å². The molecule has 1 atom stereocenters. The van der Waals surface area contributed by atoms with Gasteiger partial charge in [0.1, 0.15) is 5.76 Å². The monoisotopic (exact) mass is 274 g/mol. The molecule has 0 aromatic carbocycles. The SMILES string of the molecule is CNCc1ccc(S(=O)(=O)N2CCC(OC)C2)o1. The Morgan fingerprint density at radius 1 is 1.56 bits per heavy atom. The molecule has 1 unspecified atom stereocenters. The van der Waals surface area contributed by atoms with Crippen molar-refractivity contribution in [2.75, 3.05) is 27.2 Å². The number of rotatable bonds is 5. The standard InChI is InChI=1S/C11H18N2O4S/c1-12-7-9-3-4-11(17-9)18(14,15)13-6-5-10(8-13)16-2/h3-4,10,12H,5-8H2,1-2H3. The normalized spacial score (nSPS) is 21.6. The van der Waals surface area contributed by atoms with Crippen LogP contribution >= 0.6 is 0 Å². The van der Waals surface area contributed by atoms with Gasteiger partial charge < -0.3 is 14.5 Å². The summed E-state index contributed by atoms with van der Waals surface area (Å²) in [5.74, 6) is 0.610. The Balaban J connectivity index is 2.15. The van der Waals surface area contributed by atoms with Gasteiger partial charge >= 0.3 is 0 Å². The average molecular weight is 274 g/mol. The first-order chi connectivity index (χ1) is 8.57. The van der Waals surface area contributed by atoms with Gasteiger partial charge in [0.25, 0.3) is 10.0 Å². The van der Waals surface area contributed by atoms with Gasteiger partial charge in [-0.15, -0.1) is 0 Å². The van der Waals surface area contributed by atoms with Crippen molar-refractivity contribution in [3.05, 3.63) is 17.9 Å². The first-order valence-corrected chi connectivity index (χ1v) is 7.28. The average Bonchev–Trinajstić information content (AvgIpc) is 2.98. The van der Waals surface area contributed by atoms with E-state index in [0.29, 0.717) is 25.4 Å². The fourth-order valence-corrected chi connectivity index (χ4v) is 3.42. The van der Waals surface area contributed by atoms with Crippen molar-refractivity contribution < 1.29 is 17.6 Å². The van der Waals surface area contributed by atoms with Gasteiger partial charge in [-0.3, -0.25) is 0 Å². The number of nitrogens with one attached hydrogen (secondary N) is 1. The van der Waals surface area contributed by atoms with Crippen molar-refractivity contribution in [3.63, 3.8) is 0 Å². The van der Waals surface area contributed by atoms with E-state index in [9.17, 15) is 8.42 Å². The summed E-state index contributed by atoms with van der Waals surface area (Å²) in [5, 5.41) is 2.92. The molecule has 7 heteroatoms. The van der Waals surface area contributed by atoms with Gasteiger partial charge in [-0.25, -0.2) is 8.42 Å². The van der Waals surface area contributed by atoms with E-state index in [1.54, 1.807) is 20.2 Å². The molecule has 2 rings (SSSR count). The molecule has 102 valence electrons. The van der Waals surface area contributed by atoms with Crippen molar-refractivity contribution in [1.29, 1.82) is 0 Å². The van der Waals surface area contributed by atoms with E-state index in [1.807, 2.05) is 0 Å². The Bertz CT molecular complexity index is 497. The first-order valence-electron chi connectivity index (χ1n) is 5.84. The Labute approximate surface area is 107 Å². The second-order valence-corrected chi connectivity index (χ2v) is 6.13. The van der Waals surface area contributed by atoms with Crippen LogP contribution in [0.3, 0.4) is 0 Å². The molecule has 1 saturated heterocycles. The van der Waals surface area contributed by atoms with Crippen molar-refractivity contribution in [2.45, 2.75) is 24.2 Å².